The average molecular weight is 335 g/mol. The maximum atomic E-state index is 14.6. The molecule has 0 spiro atoms. The van der Waals surface area contributed by atoms with Gasteiger partial charge < -0.3 is 0 Å². The lowest BCUT2D eigenvalue weighted by Gasteiger charge is -2.18. The maximum absolute atomic E-state index is 14.6. The molecule has 0 amide bonds. The lowest BCUT2D eigenvalue weighted by atomic mass is 9.86. The van der Waals surface area contributed by atoms with Gasteiger partial charge in [0.25, 0.3) is 0 Å². The molecule has 4 rings (SSSR count). The highest BCUT2D eigenvalue weighted by molar-refractivity contribution is 5.93. The van der Waals surface area contributed by atoms with Crippen LogP contribution in [0.25, 0.3) is 22.2 Å². The molecule has 0 aliphatic heterocycles. The van der Waals surface area contributed by atoms with E-state index in [-0.39, 0.29) is 11.2 Å². The van der Waals surface area contributed by atoms with Gasteiger partial charge in [-0.3, -0.25) is 4.68 Å². The van der Waals surface area contributed by atoms with Crippen LogP contribution in [0.15, 0.2) is 36.4 Å². The van der Waals surface area contributed by atoms with Crippen molar-refractivity contribution in [1.82, 2.24) is 9.78 Å². The quantitative estimate of drug-likeness (QED) is 0.557. The van der Waals surface area contributed by atoms with Crippen LogP contribution in [0.1, 0.15) is 58.1 Å². The summed E-state index contributed by atoms with van der Waals surface area (Å²) in [4.78, 5) is 0. The Labute approximate surface area is 148 Å². The van der Waals surface area contributed by atoms with Crippen molar-refractivity contribution in [3.05, 3.63) is 53.8 Å². The molecule has 1 aliphatic carbocycles. The molecule has 1 aromatic heterocycles. The van der Waals surface area contributed by atoms with E-state index >= 15 is 0 Å². The van der Waals surface area contributed by atoms with Crippen molar-refractivity contribution in [3.63, 3.8) is 0 Å². The first kappa shape index (κ1) is 16.3. The Bertz CT molecular complexity index is 894. The summed E-state index contributed by atoms with van der Waals surface area (Å²) in [6, 6.07) is 15.2. The van der Waals surface area contributed by atoms with E-state index < -0.39 is 0 Å². The molecule has 3 aromatic rings. The van der Waals surface area contributed by atoms with E-state index in [1.165, 1.54) is 24.5 Å². The highest BCUT2D eigenvalue weighted by Gasteiger charge is 2.24. The summed E-state index contributed by atoms with van der Waals surface area (Å²) in [6.07, 6.45) is 4.55. The van der Waals surface area contributed by atoms with Gasteiger partial charge >= 0.3 is 0 Å². The predicted octanol–water partition coefficient (Wildman–Crippen LogP) is 6.06. The van der Waals surface area contributed by atoms with E-state index in [0.717, 1.165) is 29.5 Å². The van der Waals surface area contributed by atoms with Crippen LogP contribution in [0.3, 0.4) is 0 Å². The van der Waals surface area contributed by atoms with Crippen molar-refractivity contribution >= 4 is 10.9 Å². The van der Waals surface area contributed by atoms with Crippen molar-refractivity contribution < 1.29 is 4.39 Å². The first-order chi connectivity index (χ1) is 11.9. The van der Waals surface area contributed by atoms with Crippen LogP contribution in [0.2, 0.25) is 0 Å². The molecule has 0 unspecified atom stereocenters. The first-order valence-electron chi connectivity index (χ1n) is 9.14. The molecule has 1 fully saturated rings. The molecule has 0 saturated heterocycles. The highest BCUT2D eigenvalue weighted by atomic mass is 19.1. The van der Waals surface area contributed by atoms with Crippen LogP contribution in [0.5, 0.6) is 0 Å². The van der Waals surface area contributed by atoms with Crippen LogP contribution >= 0.6 is 0 Å². The fourth-order valence-corrected chi connectivity index (χ4v) is 3.80. The number of rotatable bonds is 2. The van der Waals surface area contributed by atoms with Gasteiger partial charge in [0.1, 0.15) is 17.0 Å². The summed E-state index contributed by atoms with van der Waals surface area (Å²) in [5, 5.41) is 5.72. The first-order valence-corrected chi connectivity index (χ1v) is 9.14. The fourth-order valence-electron chi connectivity index (χ4n) is 3.80. The average Bonchev–Trinajstić information content (AvgIpc) is 3.22. The van der Waals surface area contributed by atoms with Gasteiger partial charge in [-0.25, -0.2) is 4.39 Å². The zero-order valence-electron chi connectivity index (χ0n) is 15.1. The second-order valence-corrected chi connectivity index (χ2v) is 8.11. The third-order valence-corrected chi connectivity index (χ3v) is 5.28. The molecule has 0 bridgehead atoms. The second-order valence-electron chi connectivity index (χ2n) is 8.11. The standard InChI is InChI=1S/C22H24FN2/c1-22(2,3)16-13-11-15(12-14-16)20-18-9-6-10-19(23)21(18)25(24-20)17-7-4-5-8-17/h6,9-11,13-14,17H,4-5,7-8H2,1-3H3. The SMILES string of the molecule is CC(C)(C)c1c[c]c(-c2nn(C3CCCC3)c3c(F)cccc23)cc1. The number of fused-ring (bicyclic) bond motifs is 1. The molecule has 2 nitrogen and oxygen atoms in total. The lowest BCUT2D eigenvalue weighted by Crippen LogP contribution is -2.10. The summed E-state index contributed by atoms with van der Waals surface area (Å²) in [6.45, 7) is 6.57. The van der Waals surface area contributed by atoms with Gasteiger partial charge in [0.05, 0.1) is 6.04 Å². The molecule has 2 aromatic carbocycles. The van der Waals surface area contributed by atoms with E-state index in [0.29, 0.717) is 11.6 Å². The van der Waals surface area contributed by atoms with Gasteiger partial charge in [-0.15, -0.1) is 0 Å². The minimum atomic E-state index is -0.186. The molecule has 25 heavy (non-hydrogen) atoms. The van der Waals surface area contributed by atoms with Gasteiger partial charge in [-0.1, -0.05) is 57.9 Å². The zero-order valence-corrected chi connectivity index (χ0v) is 15.1. The van der Waals surface area contributed by atoms with Gasteiger partial charge in [-0.2, -0.15) is 5.10 Å². The largest absolute Gasteiger partial charge is 0.258 e. The summed E-state index contributed by atoms with van der Waals surface area (Å²) in [5.41, 5.74) is 3.73. The number of hydrogen-bond donors (Lipinski definition) is 0. The van der Waals surface area contributed by atoms with Gasteiger partial charge in [-0.05, 0) is 42.0 Å². The summed E-state index contributed by atoms with van der Waals surface area (Å²) in [7, 11) is 0. The van der Waals surface area contributed by atoms with E-state index in [1.807, 2.05) is 16.8 Å². The summed E-state index contributed by atoms with van der Waals surface area (Å²) < 4.78 is 16.5. The van der Waals surface area contributed by atoms with Crippen molar-refractivity contribution in [2.75, 3.05) is 0 Å². The third kappa shape index (κ3) is 2.86. The number of nitrogens with zero attached hydrogens (tertiary/aromatic N) is 2. The van der Waals surface area contributed by atoms with Gasteiger partial charge in [0.2, 0.25) is 0 Å². The smallest absolute Gasteiger partial charge is 0.149 e. The number of para-hydroxylation sites is 1. The molecular formula is C22H24FN2. The van der Waals surface area contributed by atoms with Crippen molar-refractivity contribution in [3.8, 4) is 11.3 Å². The van der Waals surface area contributed by atoms with E-state index in [9.17, 15) is 4.39 Å². The van der Waals surface area contributed by atoms with Crippen molar-refractivity contribution in [2.45, 2.75) is 57.9 Å². The third-order valence-electron chi connectivity index (χ3n) is 5.28. The summed E-state index contributed by atoms with van der Waals surface area (Å²) in [5.74, 6) is -0.186. The Morgan fingerprint density at radius 1 is 1.12 bits per heavy atom. The topological polar surface area (TPSA) is 17.8 Å². The van der Waals surface area contributed by atoms with E-state index in [1.54, 1.807) is 6.07 Å². The van der Waals surface area contributed by atoms with Crippen LogP contribution in [0, 0.1) is 11.9 Å². The number of aromatic nitrogens is 2. The number of benzene rings is 2. The van der Waals surface area contributed by atoms with Crippen LogP contribution in [-0.2, 0) is 5.41 Å². The monoisotopic (exact) mass is 335 g/mol. The molecular weight excluding hydrogens is 311 g/mol. The summed E-state index contributed by atoms with van der Waals surface area (Å²) >= 11 is 0. The molecule has 1 radical (unpaired) electrons. The molecule has 0 atom stereocenters. The fraction of sp³-hybridized carbons (Fsp3) is 0.409. The Hall–Kier alpha value is -2.16. The maximum Gasteiger partial charge on any atom is 0.149 e. The zero-order chi connectivity index (χ0) is 17.6. The van der Waals surface area contributed by atoms with Crippen LogP contribution < -0.4 is 0 Å². The molecule has 1 aliphatic rings. The number of hydrogen-bond acceptors (Lipinski definition) is 1. The van der Waals surface area contributed by atoms with E-state index in [4.69, 9.17) is 5.10 Å². The van der Waals surface area contributed by atoms with E-state index in [2.05, 4.69) is 39.0 Å². The Kier molecular flexibility index (Phi) is 3.90. The Morgan fingerprint density at radius 3 is 2.52 bits per heavy atom. The molecule has 1 heterocycles. The van der Waals surface area contributed by atoms with Crippen molar-refractivity contribution in [2.24, 2.45) is 0 Å². The normalized spacial score (nSPS) is 16.0. The van der Waals surface area contributed by atoms with Gasteiger partial charge in [0.15, 0.2) is 0 Å². The molecule has 129 valence electrons. The molecule has 3 heteroatoms. The highest BCUT2D eigenvalue weighted by Crippen LogP contribution is 2.37. The molecule has 1 saturated carbocycles. The minimum Gasteiger partial charge on any atom is -0.258 e. The Morgan fingerprint density at radius 2 is 1.88 bits per heavy atom. The lowest BCUT2D eigenvalue weighted by molar-refractivity contribution is 0.475. The Balaban J connectivity index is 1.86. The van der Waals surface area contributed by atoms with Gasteiger partial charge in [0, 0.05) is 10.9 Å². The van der Waals surface area contributed by atoms with Crippen molar-refractivity contribution in [1.29, 1.82) is 0 Å². The van der Waals surface area contributed by atoms with Crippen LogP contribution in [0.4, 0.5) is 4.39 Å². The second kappa shape index (κ2) is 5.98. The number of halogens is 1. The minimum absolute atomic E-state index is 0.0897. The molecule has 0 N–H and O–H groups in total. The van der Waals surface area contributed by atoms with Crippen LogP contribution in [-0.4, -0.2) is 9.78 Å². The predicted molar refractivity (Wildman–Crippen MR) is 100 cm³/mol.